The molecule has 0 aliphatic carbocycles. The number of nitrogens with one attached hydrogen (secondary N) is 3. The molecule has 2 heterocycles. The van der Waals surface area contributed by atoms with E-state index in [1.54, 1.807) is 0 Å². The first kappa shape index (κ1) is 13.8. The predicted octanol–water partition coefficient (Wildman–Crippen LogP) is 1.02. The topological polar surface area (TPSA) is 53.2 Å². The molecule has 4 heteroatoms. The fraction of sp³-hybridized carbons (Fsp3) is 0.929. The van der Waals surface area contributed by atoms with Crippen LogP contribution in [0.1, 0.15) is 46.0 Å². The average Bonchev–Trinajstić information content (AvgIpc) is 2.87. The largest absolute Gasteiger partial charge is 0.354 e. The van der Waals surface area contributed by atoms with Crippen LogP contribution in [0.5, 0.6) is 0 Å². The zero-order valence-electron chi connectivity index (χ0n) is 11.8. The number of hydrogen-bond donors (Lipinski definition) is 3. The third-order valence-corrected chi connectivity index (χ3v) is 4.77. The van der Waals surface area contributed by atoms with Crippen LogP contribution in [0.3, 0.4) is 0 Å². The molecule has 2 aliphatic rings. The van der Waals surface area contributed by atoms with Gasteiger partial charge in [0, 0.05) is 6.54 Å². The van der Waals surface area contributed by atoms with Gasteiger partial charge in [-0.2, -0.15) is 0 Å². The summed E-state index contributed by atoms with van der Waals surface area (Å²) in [6, 6.07) is 0. The van der Waals surface area contributed by atoms with E-state index in [0.29, 0.717) is 0 Å². The van der Waals surface area contributed by atoms with E-state index in [-0.39, 0.29) is 16.9 Å². The smallest absolute Gasteiger partial charge is 0.240 e. The summed E-state index contributed by atoms with van der Waals surface area (Å²) in [4.78, 5) is 12.4. The van der Waals surface area contributed by atoms with Gasteiger partial charge in [-0.25, -0.2) is 0 Å². The molecule has 0 aromatic rings. The summed E-state index contributed by atoms with van der Waals surface area (Å²) in [7, 11) is 0. The summed E-state index contributed by atoms with van der Waals surface area (Å²) in [6.45, 7) is 8.32. The fourth-order valence-corrected chi connectivity index (χ4v) is 3.13. The van der Waals surface area contributed by atoms with E-state index in [4.69, 9.17) is 0 Å². The van der Waals surface area contributed by atoms with Crippen LogP contribution in [-0.4, -0.2) is 37.6 Å². The maximum absolute atomic E-state index is 12.4. The van der Waals surface area contributed by atoms with Gasteiger partial charge in [0.05, 0.1) is 5.54 Å². The highest BCUT2D eigenvalue weighted by atomic mass is 16.2. The summed E-state index contributed by atoms with van der Waals surface area (Å²) < 4.78 is 0. The lowest BCUT2D eigenvalue weighted by molar-refractivity contribution is -0.127. The van der Waals surface area contributed by atoms with E-state index in [1.807, 2.05) is 0 Å². The van der Waals surface area contributed by atoms with Crippen molar-refractivity contribution < 1.29 is 4.79 Å². The summed E-state index contributed by atoms with van der Waals surface area (Å²) in [5.74, 6) is 0.210. The second-order valence-electron chi connectivity index (χ2n) is 6.21. The number of carbonyl (C=O) groups is 1. The van der Waals surface area contributed by atoms with Crippen molar-refractivity contribution in [2.24, 2.45) is 5.41 Å². The maximum atomic E-state index is 12.4. The van der Waals surface area contributed by atoms with Crippen molar-refractivity contribution in [2.45, 2.75) is 51.5 Å². The van der Waals surface area contributed by atoms with Gasteiger partial charge < -0.3 is 16.0 Å². The Labute approximate surface area is 110 Å². The second kappa shape index (κ2) is 5.57. The van der Waals surface area contributed by atoms with Gasteiger partial charge in [0.25, 0.3) is 0 Å². The molecule has 2 saturated heterocycles. The first-order chi connectivity index (χ1) is 8.60. The first-order valence-electron chi connectivity index (χ1n) is 7.34. The molecule has 2 rings (SSSR count). The maximum Gasteiger partial charge on any atom is 0.240 e. The van der Waals surface area contributed by atoms with Crippen molar-refractivity contribution in [2.75, 3.05) is 26.2 Å². The Kier molecular flexibility index (Phi) is 4.28. The lowest BCUT2D eigenvalue weighted by atomic mass is 9.80. The Morgan fingerprint density at radius 2 is 1.94 bits per heavy atom. The number of hydrogen-bond acceptors (Lipinski definition) is 3. The van der Waals surface area contributed by atoms with Gasteiger partial charge in [0.1, 0.15) is 0 Å². The molecule has 0 aromatic carbocycles. The minimum Gasteiger partial charge on any atom is -0.354 e. The van der Waals surface area contributed by atoms with E-state index in [1.165, 1.54) is 0 Å². The molecule has 0 radical (unpaired) electrons. The van der Waals surface area contributed by atoms with Gasteiger partial charge in [0.15, 0.2) is 0 Å². The van der Waals surface area contributed by atoms with Gasteiger partial charge in [0.2, 0.25) is 5.91 Å². The van der Waals surface area contributed by atoms with Crippen LogP contribution >= 0.6 is 0 Å². The predicted molar refractivity (Wildman–Crippen MR) is 73.5 cm³/mol. The van der Waals surface area contributed by atoms with Crippen LogP contribution in [0, 0.1) is 5.41 Å². The Morgan fingerprint density at radius 1 is 1.22 bits per heavy atom. The van der Waals surface area contributed by atoms with Gasteiger partial charge in [-0.05, 0) is 57.2 Å². The summed E-state index contributed by atoms with van der Waals surface area (Å²) in [5, 5.41) is 9.97. The van der Waals surface area contributed by atoms with E-state index in [2.05, 4.69) is 29.8 Å². The van der Waals surface area contributed by atoms with Gasteiger partial charge in [-0.1, -0.05) is 13.8 Å². The quantitative estimate of drug-likeness (QED) is 0.701. The SMILES string of the molecule is CCC1(C(=O)NCC2(C)CCNCC2)CCCN1. The number of amides is 1. The highest BCUT2D eigenvalue weighted by Gasteiger charge is 2.39. The minimum atomic E-state index is -0.288. The fourth-order valence-electron chi connectivity index (χ4n) is 3.13. The highest BCUT2D eigenvalue weighted by Crippen LogP contribution is 2.28. The Hall–Kier alpha value is -0.610. The van der Waals surface area contributed by atoms with Crippen molar-refractivity contribution >= 4 is 5.91 Å². The molecule has 3 N–H and O–H groups in total. The molecule has 2 aliphatic heterocycles. The molecule has 1 amide bonds. The Morgan fingerprint density at radius 3 is 2.50 bits per heavy atom. The van der Waals surface area contributed by atoms with Crippen molar-refractivity contribution in [1.29, 1.82) is 0 Å². The summed E-state index contributed by atoms with van der Waals surface area (Å²) in [6.07, 6.45) is 5.28. The third-order valence-electron chi connectivity index (χ3n) is 4.77. The van der Waals surface area contributed by atoms with Gasteiger partial charge in [-0.15, -0.1) is 0 Å². The molecule has 0 aromatic heterocycles. The van der Waals surface area contributed by atoms with E-state index in [0.717, 1.165) is 58.3 Å². The molecule has 0 spiro atoms. The van der Waals surface area contributed by atoms with Crippen molar-refractivity contribution in [3.8, 4) is 0 Å². The molecule has 18 heavy (non-hydrogen) atoms. The molecular formula is C14H27N3O. The van der Waals surface area contributed by atoms with E-state index in [9.17, 15) is 4.79 Å². The second-order valence-corrected chi connectivity index (χ2v) is 6.21. The molecule has 0 bridgehead atoms. The van der Waals surface area contributed by atoms with Crippen LogP contribution in [-0.2, 0) is 4.79 Å². The van der Waals surface area contributed by atoms with Crippen molar-refractivity contribution in [1.82, 2.24) is 16.0 Å². The third kappa shape index (κ3) is 2.86. The molecule has 1 unspecified atom stereocenters. The lowest BCUT2D eigenvalue weighted by Gasteiger charge is -2.36. The molecule has 104 valence electrons. The number of carbonyl (C=O) groups excluding carboxylic acids is 1. The highest BCUT2D eigenvalue weighted by molar-refractivity contribution is 5.86. The first-order valence-corrected chi connectivity index (χ1v) is 7.34. The van der Waals surface area contributed by atoms with Crippen molar-refractivity contribution in [3.05, 3.63) is 0 Å². The van der Waals surface area contributed by atoms with E-state index >= 15 is 0 Å². The van der Waals surface area contributed by atoms with Crippen molar-refractivity contribution in [3.63, 3.8) is 0 Å². The normalized spacial score (nSPS) is 31.2. The van der Waals surface area contributed by atoms with Crippen LogP contribution < -0.4 is 16.0 Å². The molecular weight excluding hydrogens is 226 g/mol. The number of rotatable bonds is 4. The average molecular weight is 253 g/mol. The van der Waals surface area contributed by atoms with Crippen LogP contribution in [0.25, 0.3) is 0 Å². The standard InChI is InChI=1S/C14H27N3O/c1-3-14(5-4-8-17-14)12(18)16-11-13(2)6-9-15-10-7-13/h15,17H,3-11H2,1-2H3,(H,16,18). The zero-order chi connectivity index (χ0) is 13.1. The van der Waals surface area contributed by atoms with Crippen LogP contribution in [0.2, 0.25) is 0 Å². The summed E-state index contributed by atoms with van der Waals surface area (Å²) in [5.41, 5.74) is -0.0161. The van der Waals surface area contributed by atoms with E-state index < -0.39 is 0 Å². The summed E-state index contributed by atoms with van der Waals surface area (Å²) >= 11 is 0. The molecule has 4 nitrogen and oxygen atoms in total. The van der Waals surface area contributed by atoms with Crippen LogP contribution in [0.4, 0.5) is 0 Å². The molecule has 0 saturated carbocycles. The number of piperidine rings is 1. The molecule has 1 atom stereocenters. The minimum absolute atomic E-state index is 0.210. The Bertz CT molecular complexity index is 291. The van der Waals surface area contributed by atoms with Gasteiger partial charge in [-0.3, -0.25) is 4.79 Å². The zero-order valence-corrected chi connectivity index (χ0v) is 11.8. The Balaban J connectivity index is 1.87. The molecule has 2 fully saturated rings. The monoisotopic (exact) mass is 253 g/mol. The van der Waals surface area contributed by atoms with Gasteiger partial charge >= 0.3 is 0 Å². The lowest BCUT2D eigenvalue weighted by Crippen LogP contribution is -2.55. The van der Waals surface area contributed by atoms with Crippen LogP contribution in [0.15, 0.2) is 0 Å².